The van der Waals surface area contributed by atoms with Crippen molar-refractivity contribution < 1.29 is 24.2 Å². The molecule has 0 saturated carbocycles. The Morgan fingerprint density at radius 1 is 1.58 bits per heavy atom. The Labute approximate surface area is 112 Å². The number of carboxylic acids is 1. The second-order valence-corrected chi connectivity index (χ2v) is 4.83. The minimum absolute atomic E-state index is 0.169. The fourth-order valence-corrected chi connectivity index (χ4v) is 1.71. The molecule has 6 nitrogen and oxygen atoms in total. The van der Waals surface area contributed by atoms with Crippen LogP contribution in [-0.4, -0.2) is 42.0 Å². The van der Waals surface area contributed by atoms with Crippen molar-refractivity contribution >= 4 is 5.97 Å². The summed E-state index contributed by atoms with van der Waals surface area (Å²) in [6, 6.07) is 1.49. The van der Waals surface area contributed by atoms with Crippen LogP contribution >= 0.6 is 0 Å². The number of aryl methyl sites for hydroxylation is 1. The molecule has 108 valence electrons. The highest BCUT2D eigenvalue weighted by molar-refractivity contribution is 5.88. The van der Waals surface area contributed by atoms with Crippen molar-refractivity contribution in [2.24, 2.45) is 0 Å². The van der Waals surface area contributed by atoms with Crippen LogP contribution in [0.25, 0.3) is 0 Å². The predicted octanol–water partition coefficient (Wildman–Crippen LogP) is 1.16. The Bertz CT molecular complexity index is 425. The number of rotatable bonds is 8. The van der Waals surface area contributed by atoms with E-state index in [-0.39, 0.29) is 5.56 Å². The van der Waals surface area contributed by atoms with Gasteiger partial charge in [-0.15, -0.1) is 0 Å². The molecule has 1 aromatic rings. The SMILES string of the molecule is COCCC(C)(O)CNCc1cc(C(=O)O)c(C)o1. The van der Waals surface area contributed by atoms with Crippen LogP contribution in [0.2, 0.25) is 0 Å². The Morgan fingerprint density at radius 2 is 2.26 bits per heavy atom. The van der Waals surface area contributed by atoms with Gasteiger partial charge < -0.3 is 24.7 Å². The van der Waals surface area contributed by atoms with Crippen molar-refractivity contribution in [1.82, 2.24) is 5.32 Å². The minimum Gasteiger partial charge on any atom is -0.478 e. The Kier molecular flexibility index (Phi) is 5.53. The number of hydrogen-bond acceptors (Lipinski definition) is 5. The summed E-state index contributed by atoms with van der Waals surface area (Å²) >= 11 is 0. The van der Waals surface area contributed by atoms with Crippen LogP contribution < -0.4 is 5.32 Å². The average Bonchev–Trinajstić information content (AvgIpc) is 2.68. The Balaban J connectivity index is 2.45. The van der Waals surface area contributed by atoms with Crippen molar-refractivity contribution in [3.8, 4) is 0 Å². The highest BCUT2D eigenvalue weighted by atomic mass is 16.5. The number of methoxy groups -OCH3 is 1. The second kappa shape index (κ2) is 6.70. The van der Waals surface area contributed by atoms with Gasteiger partial charge in [-0.1, -0.05) is 0 Å². The van der Waals surface area contributed by atoms with E-state index >= 15 is 0 Å². The number of carboxylic acid groups (broad SMARTS) is 1. The lowest BCUT2D eigenvalue weighted by Crippen LogP contribution is -2.38. The van der Waals surface area contributed by atoms with Crippen molar-refractivity contribution in [2.45, 2.75) is 32.4 Å². The Hall–Kier alpha value is -1.37. The standard InChI is InChI=1S/C13H21NO5/c1-9-11(12(15)16)6-10(19-9)7-14-8-13(2,17)4-5-18-3/h6,14,17H,4-5,7-8H2,1-3H3,(H,15,16). The lowest BCUT2D eigenvalue weighted by molar-refractivity contribution is 0.0244. The molecule has 1 heterocycles. The molecule has 3 N–H and O–H groups in total. The number of aliphatic hydroxyl groups is 1. The number of hydrogen-bond donors (Lipinski definition) is 3. The third-order valence-corrected chi connectivity index (χ3v) is 2.85. The molecule has 0 aliphatic heterocycles. The highest BCUT2D eigenvalue weighted by Crippen LogP contribution is 2.15. The lowest BCUT2D eigenvalue weighted by atomic mass is 10.0. The van der Waals surface area contributed by atoms with Gasteiger partial charge in [0.2, 0.25) is 0 Å². The van der Waals surface area contributed by atoms with Crippen LogP contribution in [0.15, 0.2) is 10.5 Å². The van der Waals surface area contributed by atoms with Gasteiger partial charge in [-0.2, -0.15) is 0 Å². The van der Waals surface area contributed by atoms with Gasteiger partial charge in [0.1, 0.15) is 17.1 Å². The molecule has 0 fully saturated rings. The van der Waals surface area contributed by atoms with Crippen molar-refractivity contribution in [3.05, 3.63) is 23.2 Å². The van der Waals surface area contributed by atoms with Crippen molar-refractivity contribution in [3.63, 3.8) is 0 Å². The number of carbonyl (C=O) groups is 1. The zero-order chi connectivity index (χ0) is 14.5. The van der Waals surface area contributed by atoms with Crippen molar-refractivity contribution in [2.75, 3.05) is 20.3 Å². The quantitative estimate of drug-likeness (QED) is 0.657. The van der Waals surface area contributed by atoms with E-state index in [9.17, 15) is 9.90 Å². The number of furan rings is 1. The van der Waals surface area contributed by atoms with E-state index in [1.165, 1.54) is 6.07 Å². The normalized spacial score (nSPS) is 14.3. The van der Waals surface area contributed by atoms with Crippen LogP contribution in [-0.2, 0) is 11.3 Å². The van der Waals surface area contributed by atoms with E-state index in [4.69, 9.17) is 14.3 Å². The molecular formula is C13H21NO5. The van der Waals surface area contributed by atoms with Gasteiger partial charge in [0.05, 0.1) is 12.1 Å². The summed E-state index contributed by atoms with van der Waals surface area (Å²) in [4.78, 5) is 10.9. The van der Waals surface area contributed by atoms with Gasteiger partial charge in [0.15, 0.2) is 0 Å². The van der Waals surface area contributed by atoms with E-state index in [2.05, 4.69) is 5.32 Å². The average molecular weight is 271 g/mol. The molecule has 6 heteroatoms. The largest absolute Gasteiger partial charge is 0.478 e. The van der Waals surface area contributed by atoms with Crippen LogP contribution in [0, 0.1) is 6.92 Å². The fraction of sp³-hybridized carbons (Fsp3) is 0.615. The maximum Gasteiger partial charge on any atom is 0.339 e. The molecule has 0 spiro atoms. The summed E-state index contributed by atoms with van der Waals surface area (Å²) in [7, 11) is 1.59. The first-order chi connectivity index (χ1) is 8.85. The number of aromatic carboxylic acids is 1. The van der Waals surface area contributed by atoms with Crippen LogP contribution in [0.1, 0.15) is 35.2 Å². The van der Waals surface area contributed by atoms with E-state index in [0.29, 0.717) is 37.6 Å². The Morgan fingerprint density at radius 3 is 2.79 bits per heavy atom. The molecule has 0 saturated heterocycles. The minimum atomic E-state index is -1.00. The molecule has 0 bridgehead atoms. The van der Waals surface area contributed by atoms with Gasteiger partial charge in [0.25, 0.3) is 0 Å². The van der Waals surface area contributed by atoms with E-state index < -0.39 is 11.6 Å². The maximum atomic E-state index is 10.9. The zero-order valence-corrected chi connectivity index (χ0v) is 11.5. The summed E-state index contributed by atoms with van der Waals surface area (Å²) in [6.45, 7) is 4.56. The van der Waals surface area contributed by atoms with E-state index in [1.54, 1.807) is 21.0 Å². The summed E-state index contributed by atoms with van der Waals surface area (Å²) in [5, 5.41) is 21.9. The monoisotopic (exact) mass is 271 g/mol. The summed E-state index contributed by atoms with van der Waals surface area (Å²) in [5.41, 5.74) is -0.698. The van der Waals surface area contributed by atoms with Crippen LogP contribution in [0.3, 0.4) is 0 Å². The first kappa shape index (κ1) is 15.7. The zero-order valence-electron chi connectivity index (χ0n) is 11.5. The topological polar surface area (TPSA) is 91.9 Å². The molecule has 19 heavy (non-hydrogen) atoms. The maximum absolute atomic E-state index is 10.9. The van der Waals surface area contributed by atoms with Gasteiger partial charge in [-0.25, -0.2) is 4.79 Å². The molecule has 1 atom stereocenters. The molecule has 0 amide bonds. The molecule has 0 radical (unpaired) electrons. The number of ether oxygens (including phenoxy) is 1. The molecule has 0 aliphatic carbocycles. The molecular weight excluding hydrogens is 250 g/mol. The van der Waals surface area contributed by atoms with Crippen LogP contribution in [0.4, 0.5) is 0 Å². The summed E-state index contributed by atoms with van der Waals surface area (Å²) < 4.78 is 10.2. The molecule has 0 aliphatic rings. The van der Waals surface area contributed by atoms with Gasteiger partial charge in [-0.3, -0.25) is 0 Å². The third-order valence-electron chi connectivity index (χ3n) is 2.85. The highest BCUT2D eigenvalue weighted by Gasteiger charge is 2.20. The smallest absolute Gasteiger partial charge is 0.339 e. The summed E-state index contributed by atoms with van der Waals surface area (Å²) in [5.74, 6) is -0.0764. The number of nitrogens with one attached hydrogen (secondary N) is 1. The van der Waals surface area contributed by atoms with Gasteiger partial charge in [-0.05, 0) is 19.9 Å². The fourth-order valence-electron chi connectivity index (χ4n) is 1.71. The lowest BCUT2D eigenvalue weighted by Gasteiger charge is -2.23. The van der Waals surface area contributed by atoms with E-state index in [0.717, 1.165) is 0 Å². The van der Waals surface area contributed by atoms with Crippen molar-refractivity contribution in [1.29, 1.82) is 0 Å². The first-order valence-electron chi connectivity index (χ1n) is 6.10. The predicted molar refractivity (Wildman–Crippen MR) is 69.2 cm³/mol. The van der Waals surface area contributed by atoms with E-state index in [1.807, 2.05) is 0 Å². The molecule has 0 aromatic carbocycles. The van der Waals surface area contributed by atoms with Gasteiger partial charge in [0, 0.05) is 26.7 Å². The third kappa shape index (κ3) is 5.02. The van der Waals surface area contributed by atoms with Crippen LogP contribution in [0.5, 0.6) is 0 Å². The first-order valence-corrected chi connectivity index (χ1v) is 6.10. The molecule has 1 aromatic heterocycles. The second-order valence-electron chi connectivity index (χ2n) is 4.83. The molecule has 1 rings (SSSR count). The summed E-state index contributed by atoms with van der Waals surface area (Å²) in [6.07, 6.45) is 0.522. The van der Waals surface area contributed by atoms with Gasteiger partial charge >= 0.3 is 5.97 Å². The molecule has 1 unspecified atom stereocenters.